The van der Waals surface area contributed by atoms with Crippen molar-refractivity contribution in [2.24, 2.45) is 0 Å². The van der Waals surface area contributed by atoms with Crippen LogP contribution in [0.1, 0.15) is 16.9 Å². The number of hydrogen-bond acceptors (Lipinski definition) is 4. The van der Waals surface area contributed by atoms with Crippen molar-refractivity contribution < 1.29 is 9.90 Å². The molecular weight excluding hydrogens is 304 g/mol. The molecule has 0 aliphatic heterocycles. The van der Waals surface area contributed by atoms with Crippen LogP contribution < -0.4 is 5.32 Å². The highest BCUT2D eigenvalue weighted by molar-refractivity contribution is 9.10. The van der Waals surface area contributed by atoms with Crippen LogP contribution in [-0.4, -0.2) is 40.7 Å². The largest absolute Gasteiger partial charge is 0.396 e. The minimum Gasteiger partial charge on any atom is -0.396 e. The lowest BCUT2D eigenvalue weighted by atomic mass is 10.2. The van der Waals surface area contributed by atoms with E-state index in [0.717, 1.165) is 10.2 Å². The third-order valence-electron chi connectivity index (χ3n) is 2.14. The first-order chi connectivity index (χ1) is 8.17. The topological polar surface area (TPSA) is 62.2 Å². The Morgan fingerprint density at radius 2 is 2.41 bits per heavy atom. The molecule has 1 atom stereocenters. The number of aliphatic hydroxyl groups excluding tert-OH is 1. The third kappa shape index (κ3) is 5.06. The normalized spacial score (nSPS) is 12.2. The van der Waals surface area contributed by atoms with E-state index in [9.17, 15) is 4.79 Å². The summed E-state index contributed by atoms with van der Waals surface area (Å²) >= 11 is 4.90. The number of nitrogens with zero attached hydrogens (tertiary/aromatic N) is 1. The molecule has 1 aromatic heterocycles. The summed E-state index contributed by atoms with van der Waals surface area (Å²) in [4.78, 5) is 15.9. The van der Waals surface area contributed by atoms with Gasteiger partial charge in [-0.3, -0.25) is 4.79 Å². The van der Waals surface area contributed by atoms with E-state index in [4.69, 9.17) is 5.11 Å². The number of amides is 1. The molecule has 1 rings (SSSR count). The average molecular weight is 319 g/mol. The predicted octanol–water partition coefficient (Wildman–Crippen LogP) is 1.69. The maximum absolute atomic E-state index is 11.8. The summed E-state index contributed by atoms with van der Waals surface area (Å²) in [5.74, 6) is 0.577. The van der Waals surface area contributed by atoms with Crippen molar-refractivity contribution in [2.45, 2.75) is 12.5 Å². The zero-order valence-electron chi connectivity index (χ0n) is 9.52. The van der Waals surface area contributed by atoms with Crippen molar-refractivity contribution in [2.75, 3.05) is 18.6 Å². The number of aromatic nitrogens is 1. The molecule has 6 heteroatoms. The highest BCUT2D eigenvalue weighted by Gasteiger charge is 2.13. The van der Waals surface area contributed by atoms with Gasteiger partial charge in [-0.15, -0.1) is 0 Å². The van der Waals surface area contributed by atoms with E-state index in [0.29, 0.717) is 12.1 Å². The van der Waals surface area contributed by atoms with Crippen LogP contribution in [0.5, 0.6) is 0 Å². The van der Waals surface area contributed by atoms with Crippen molar-refractivity contribution in [1.82, 2.24) is 10.3 Å². The Balaban J connectivity index is 2.60. The Morgan fingerprint density at radius 3 is 2.94 bits per heavy atom. The van der Waals surface area contributed by atoms with Gasteiger partial charge >= 0.3 is 0 Å². The van der Waals surface area contributed by atoms with E-state index < -0.39 is 0 Å². The monoisotopic (exact) mass is 318 g/mol. The van der Waals surface area contributed by atoms with Crippen LogP contribution in [0.2, 0.25) is 0 Å². The van der Waals surface area contributed by atoms with E-state index >= 15 is 0 Å². The molecule has 0 saturated carbocycles. The average Bonchev–Trinajstić information content (AvgIpc) is 2.30. The summed E-state index contributed by atoms with van der Waals surface area (Å²) < 4.78 is 0.838. The molecule has 0 bridgehead atoms. The number of thioether (sulfide) groups is 1. The predicted molar refractivity (Wildman–Crippen MR) is 73.3 cm³/mol. The van der Waals surface area contributed by atoms with Crippen molar-refractivity contribution in [1.29, 1.82) is 0 Å². The van der Waals surface area contributed by atoms with Crippen LogP contribution in [-0.2, 0) is 0 Å². The van der Waals surface area contributed by atoms with E-state index in [-0.39, 0.29) is 18.6 Å². The van der Waals surface area contributed by atoms with Gasteiger partial charge in [0.15, 0.2) is 0 Å². The second-order valence-electron chi connectivity index (χ2n) is 3.50. The number of pyridine rings is 1. The van der Waals surface area contributed by atoms with E-state index in [1.807, 2.05) is 6.26 Å². The van der Waals surface area contributed by atoms with Gasteiger partial charge in [0.1, 0.15) is 5.69 Å². The minimum atomic E-state index is -0.204. The number of nitrogens with one attached hydrogen (secondary N) is 1. The van der Waals surface area contributed by atoms with Crippen molar-refractivity contribution in [3.8, 4) is 0 Å². The highest BCUT2D eigenvalue weighted by Crippen LogP contribution is 2.08. The molecule has 1 aromatic rings. The van der Waals surface area contributed by atoms with E-state index in [1.165, 1.54) is 0 Å². The van der Waals surface area contributed by atoms with Crippen LogP contribution in [0.25, 0.3) is 0 Å². The molecule has 4 nitrogen and oxygen atoms in total. The smallest absolute Gasteiger partial charge is 0.270 e. The fourth-order valence-corrected chi connectivity index (χ4v) is 2.21. The first-order valence-corrected chi connectivity index (χ1v) is 7.38. The number of rotatable bonds is 6. The second-order valence-corrected chi connectivity index (χ2v) is 5.33. The molecule has 0 aliphatic carbocycles. The van der Waals surface area contributed by atoms with Gasteiger partial charge in [-0.25, -0.2) is 4.98 Å². The van der Waals surface area contributed by atoms with Gasteiger partial charge in [0.2, 0.25) is 0 Å². The summed E-state index contributed by atoms with van der Waals surface area (Å²) in [6.45, 7) is 0.0687. The SMILES string of the molecule is CSCC(CCO)NC(=O)c1ccc(Br)cn1. The summed E-state index contributed by atoms with van der Waals surface area (Å²) in [6, 6.07) is 3.42. The molecule has 0 aliphatic rings. The van der Waals surface area contributed by atoms with Crippen molar-refractivity contribution in [3.05, 3.63) is 28.5 Å². The highest BCUT2D eigenvalue weighted by atomic mass is 79.9. The number of carbonyl (C=O) groups is 1. The molecule has 1 heterocycles. The molecule has 2 N–H and O–H groups in total. The zero-order valence-corrected chi connectivity index (χ0v) is 11.9. The zero-order chi connectivity index (χ0) is 12.7. The summed E-state index contributed by atoms with van der Waals surface area (Å²) in [7, 11) is 0. The lowest BCUT2D eigenvalue weighted by Gasteiger charge is -2.16. The van der Waals surface area contributed by atoms with Crippen LogP contribution in [0.15, 0.2) is 22.8 Å². The number of halogens is 1. The van der Waals surface area contributed by atoms with Gasteiger partial charge in [-0.2, -0.15) is 11.8 Å². The van der Waals surface area contributed by atoms with Gasteiger partial charge in [0.25, 0.3) is 5.91 Å². The van der Waals surface area contributed by atoms with Crippen LogP contribution in [0.4, 0.5) is 0 Å². The maximum Gasteiger partial charge on any atom is 0.270 e. The molecule has 94 valence electrons. The Bertz CT molecular complexity index is 353. The fraction of sp³-hybridized carbons (Fsp3) is 0.455. The van der Waals surface area contributed by atoms with Gasteiger partial charge < -0.3 is 10.4 Å². The molecule has 17 heavy (non-hydrogen) atoms. The Hall–Kier alpha value is -0.590. The first kappa shape index (κ1) is 14.5. The van der Waals surface area contributed by atoms with E-state index in [2.05, 4.69) is 26.2 Å². The van der Waals surface area contributed by atoms with Gasteiger partial charge in [0, 0.05) is 29.1 Å². The van der Waals surface area contributed by atoms with E-state index in [1.54, 1.807) is 30.1 Å². The quantitative estimate of drug-likeness (QED) is 0.838. The van der Waals surface area contributed by atoms with Crippen LogP contribution >= 0.6 is 27.7 Å². The summed E-state index contributed by atoms with van der Waals surface area (Å²) in [6.07, 6.45) is 4.11. The number of hydrogen-bond donors (Lipinski definition) is 2. The molecule has 1 unspecified atom stereocenters. The lowest BCUT2D eigenvalue weighted by Crippen LogP contribution is -2.37. The third-order valence-corrected chi connectivity index (χ3v) is 3.35. The van der Waals surface area contributed by atoms with Crippen molar-refractivity contribution in [3.63, 3.8) is 0 Å². The molecule has 0 radical (unpaired) electrons. The van der Waals surface area contributed by atoms with Gasteiger partial charge in [-0.05, 0) is 40.7 Å². The molecule has 0 spiro atoms. The standard InChI is InChI=1S/C11H15BrN2O2S/c1-17-7-9(4-5-15)14-11(16)10-3-2-8(12)6-13-10/h2-3,6,9,15H,4-5,7H2,1H3,(H,14,16). The summed E-state index contributed by atoms with van der Waals surface area (Å²) in [5, 5.41) is 11.8. The molecule has 0 aromatic carbocycles. The minimum absolute atomic E-state index is 0.0204. The maximum atomic E-state index is 11.8. The van der Waals surface area contributed by atoms with Gasteiger partial charge in [-0.1, -0.05) is 0 Å². The number of carbonyl (C=O) groups excluding carboxylic acids is 1. The Labute approximate surface area is 113 Å². The summed E-state index contributed by atoms with van der Waals surface area (Å²) in [5.41, 5.74) is 0.386. The number of aliphatic hydroxyl groups is 1. The Morgan fingerprint density at radius 1 is 1.65 bits per heavy atom. The van der Waals surface area contributed by atoms with Crippen molar-refractivity contribution >= 4 is 33.6 Å². The lowest BCUT2D eigenvalue weighted by molar-refractivity contribution is 0.0930. The first-order valence-electron chi connectivity index (χ1n) is 5.19. The fourth-order valence-electron chi connectivity index (χ4n) is 1.32. The van der Waals surface area contributed by atoms with Gasteiger partial charge in [0.05, 0.1) is 0 Å². The van der Waals surface area contributed by atoms with Crippen LogP contribution in [0.3, 0.4) is 0 Å². The van der Waals surface area contributed by atoms with Crippen LogP contribution in [0, 0.1) is 0 Å². The molecule has 1 amide bonds. The molecule has 0 saturated heterocycles. The molecule has 0 fully saturated rings. The molecular formula is C11H15BrN2O2S. The Kier molecular flexibility index (Phi) is 6.54. The second kappa shape index (κ2) is 7.68.